The molecule has 58 heavy (non-hydrogen) atoms. The fourth-order valence-electron chi connectivity index (χ4n) is 8.35. The number of amides is 3. The van der Waals surface area contributed by atoms with E-state index in [1.54, 1.807) is 52.3 Å². The molecule has 3 amide bonds. The maximum Gasteiger partial charge on any atom is 0.355 e. The summed E-state index contributed by atoms with van der Waals surface area (Å²) in [4.78, 5) is 58.7. The predicted octanol–water partition coefficient (Wildman–Crippen LogP) is 7.06. The zero-order valence-electron chi connectivity index (χ0n) is 32.8. The molecular weight excluding hydrogens is 781 g/mol. The molecule has 0 aliphatic carbocycles. The molecule has 4 aromatic rings. The Hall–Kier alpha value is -4.62. The molecule has 3 fully saturated rings. The molecule has 1 aromatic heterocycles. The van der Waals surface area contributed by atoms with E-state index in [2.05, 4.69) is 10.4 Å². The monoisotopic (exact) mass is 831 g/mol. The Labute approximate surface area is 342 Å². The van der Waals surface area contributed by atoms with Crippen molar-refractivity contribution in [3.8, 4) is 5.75 Å². The van der Waals surface area contributed by atoms with Crippen molar-refractivity contribution < 1.29 is 37.4 Å². The summed E-state index contributed by atoms with van der Waals surface area (Å²) in [6.07, 6.45) is 4.73. The average molecular weight is 832 g/mol. The van der Waals surface area contributed by atoms with Crippen LogP contribution in [0.4, 0.5) is 4.39 Å². The maximum atomic E-state index is 16.5. The van der Waals surface area contributed by atoms with E-state index in [0.717, 1.165) is 31.2 Å². The van der Waals surface area contributed by atoms with Crippen LogP contribution in [-0.2, 0) is 23.7 Å². The van der Waals surface area contributed by atoms with Crippen LogP contribution in [0.3, 0.4) is 0 Å². The van der Waals surface area contributed by atoms with Crippen molar-refractivity contribution in [2.75, 3.05) is 19.7 Å². The number of para-hydroxylation sites is 1. The van der Waals surface area contributed by atoms with Gasteiger partial charge in [-0.2, -0.15) is 0 Å². The lowest BCUT2D eigenvalue weighted by atomic mass is 9.95. The van der Waals surface area contributed by atoms with E-state index < -0.39 is 43.4 Å². The quantitative estimate of drug-likeness (QED) is 0.0947. The molecular formula is C43H51FN5O7PS. The molecule has 0 spiro atoms. The van der Waals surface area contributed by atoms with E-state index in [1.807, 2.05) is 37.3 Å². The molecule has 8 atom stereocenters. The molecule has 12 nitrogen and oxygen atoms in total. The first-order valence-corrected chi connectivity index (χ1v) is 22.7. The van der Waals surface area contributed by atoms with Gasteiger partial charge in [-0.05, 0) is 85.9 Å². The number of nitrogens with zero attached hydrogens (tertiary/aromatic N) is 2. The normalized spacial score (nSPS) is 24.3. The lowest BCUT2D eigenvalue weighted by molar-refractivity contribution is -0.146. The lowest BCUT2D eigenvalue weighted by Gasteiger charge is -2.36. The van der Waals surface area contributed by atoms with E-state index >= 15 is 4.39 Å². The number of fused-ring (bicyclic) bond motifs is 2. The number of nitrogens with one attached hydrogen (secondary N) is 2. The Morgan fingerprint density at radius 1 is 0.966 bits per heavy atom. The molecule has 15 heteroatoms. The van der Waals surface area contributed by atoms with Gasteiger partial charge in [-0.3, -0.25) is 23.7 Å². The summed E-state index contributed by atoms with van der Waals surface area (Å²) in [5.41, 5.74) is 7.65. The summed E-state index contributed by atoms with van der Waals surface area (Å²) in [5, 5.41) is 6.09. The van der Waals surface area contributed by atoms with Gasteiger partial charge in [0.25, 0.3) is 5.91 Å². The number of halogens is 1. The molecule has 3 aliphatic heterocycles. The second-order valence-corrected chi connectivity index (χ2v) is 18.7. The van der Waals surface area contributed by atoms with Crippen molar-refractivity contribution in [2.24, 2.45) is 5.73 Å². The molecule has 4 N–H and O–H groups in total. The molecule has 0 radical (unpaired) electrons. The SMILES string of the molecule is CCCOC(=O)[C@H](C)NP(=O)(Oc1ccccc1)[C@H](F)c1ccc2sc(C(=O)NC3CCCC[C@H]4CC[C@@H](C(=O)N5C[C@@H](N)[C@H](c6ccccc6)C5)N4C3=O)cc2c1. The smallest absolute Gasteiger partial charge is 0.355 e. The standard InChI is InChI=1S/C43H51FN5O7PS/c1-3-22-55-43(53)27(2)47-57(54,56-32-15-8-5-9-16-32)39(44)29-18-21-37-30(23-29)24-38(58-37)40(50)46-35-17-11-10-14-31-19-20-36(49(31)41(35)51)42(52)48-25-33(34(45)26-48)28-12-6-4-7-13-28/h4-9,12-13,15-16,18,21,23-24,27,31,33-36,39H,3,10-11,14,17,19-20,22,25-26,45H2,1-2H3,(H,46,50)(H,47,54)/t27-,31-,33-,34+,35?,36-,39-,57?/m0/s1. The van der Waals surface area contributed by atoms with E-state index in [1.165, 1.54) is 30.4 Å². The van der Waals surface area contributed by atoms with Crippen LogP contribution in [0.1, 0.15) is 91.4 Å². The average Bonchev–Trinajstić information content (AvgIpc) is 3.96. The first-order chi connectivity index (χ1) is 28.0. The predicted molar refractivity (Wildman–Crippen MR) is 221 cm³/mol. The topological polar surface area (TPSA) is 160 Å². The van der Waals surface area contributed by atoms with E-state index in [4.69, 9.17) is 15.0 Å². The fraction of sp³-hybridized carbons (Fsp3) is 0.442. The molecule has 308 valence electrons. The zero-order chi connectivity index (χ0) is 41.0. The van der Waals surface area contributed by atoms with Gasteiger partial charge in [-0.1, -0.05) is 74.4 Å². The third-order valence-corrected chi connectivity index (χ3v) is 14.6. The summed E-state index contributed by atoms with van der Waals surface area (Å²) in [5.74, 6) is -3.51. The Morgan fingerprint density at radius 3 is 2.43 bits per heavy atom. The highest BCUT2D eigenvalue weighted by atomic mass is 32.1. The number of carbonyl (C=O) groups excluding carboxylic acids is 4. The van der Waals surface area contributed by atoms with Crippen LogP contribution in [0.25, 0.3) is 10.1 Å². The van der Waals surface area contributed by atoms with Gasteiger partial charge in [-0.25, -0.2) is 9.48 Å². The first kappa shape index (κ1) is 41.5. The Bertz CT molecular complexity index is 2160. The van der Waals surface area contributed by atoms with E-state index in [9.17, 15) is 23.7 Å². The molecule has 3 aromatic carbocycles. The lowest BCUT2D eigenvalue weighted by Crippen LogP contribution is -2.56. The first-order valence-electron chi connectivity index (χ1n) is 20.1. The van der Waals surface area contributed by atoms with Crippen LogP contribution >= 0.6 is 18.9 Å². The van der Waals surface area contributed by atoms with Gasteiger partial charge >= 0.3 is 13.5 Å². The Balaban J connectivity index is 1.06. The number of rotatable bonds is 13. The number of benzene rings is 3. The Morgan fingerprint density at radius 2 is 1.69 bits per heavy atom. The van der Waals surface area contributed by atoms with Crippen molar-refractivity contribution >= 4 is 52.6 Å². The van der Waals surface area contributed by atoms with Crippen LogP contribution in [0.15, 0.2) is 84.9 Å². The molecule has 2 unspecified atom stereocenters. The number of likely N-dealkylation sites (tertiary alicyclic amines) is 1. The summed E-state index contributed by atoms with van der Waals surface area (Å²) in [6, 6.07) is 21.5. The van der Waals surface area contributed by atoms with Gasteiger partial charge in [0.05, 0.1) is 11.5 Å². The largest absolute Gasteiger partial charge is 0.465 e. The number of ether oxygens (including phenoxy) is 1. The molecule has 0 bridgehead atoms. The number of carbonyl (C=O) groups is 4. The van der Waals surface area contributed by atoms with Gasteiger partial charge in [0.2, 0.25) is 17.7 Å². The summed E-state index contributed by atoms with van der Waals surface area (Å²) in [7, 11) is -4.44. The van der Waals surface area contributed by atoms with Gasteiger partial charge in [0.15, 0.2) is 0 Å². The van der Waals surface area contributed by atoms with Gasteiger partial charge in [0, 0.05) is 35.8 Å². The zero-order valence-corrected chi connectivity index (χ0v) is 34.5. The van der Waals surface area contributed by atoms with Gasteiger partial charge in [-0.15, -0.1) is 11.3 Å². The third kappa shape index (κ3) is 9.00. The van der Waals surface area contributed by atoms with Gasteiger partial charge < -0.3 is 30.1 Å². The minimum absolute atomic E-state index is 0.0131. The van der Waals surface area contributed by atoms with Crippen LogP contribution in [0.5, 0.6) is 5.75 Å². The molecule has 3 aliphatic rings. The third-order valence-electron chi connectivity index (χ3n) is 11.3. The highest BCUT2D eigenvalue weighted by Gasteiger charge is 2.47. The van der Waals surface area contributed by atoms with Crippen LogP contribution in [0, 0.1) is 0 Å². The number of hydrogen-bond acceptors (Lipinski definition) is 9. The second-order valence-electron chi connectivity index (χ2n) is 15.5. The van der Waals surface area contributed by atoms with Crippen molar-refractivity contribution in [3.63, 3.8) is 0 Å². The van der Waals surface area contributed by atoms with Crippen LogP contribution < -0.4 is 20.7 Å². The molecule has 3 saturated heterocycles. The number of nitrogens with two attached hydrogens (primary N) is 1. The van der Waals surface area contributed by atoms with Crippen molar-refractivity contribution in [1.29, 1.82) is 0 Å². The summed E-state index contributed by atoms with van der Waals surface area (Å²) < 4.78 is 42.4. The van der Waals surface area contributed by atoms with Crippen molar-refractivity contribution in [3.05, 3.63) is 101 Å². The highest BCUT2D eigenvalue weighted by Crippen LogP contribution is 2.58. The minimum Gasteiger partial charge on any atom is -0.465 e. The van der Waals surface area contributed by atoms with Crippen molar-refractivity contribution in [1.82, 2.24) is 20.2 Å². The summed E-state index contributed by atoms with van der Waals surface area (Å²) >= 11 is 1.19. The van der Waals surface area contributed by atoms with Crippen LogP contribution in [-0.4, -0.2) is 83.4 Å². The van der Waals surface area contributed by atoms with E-state index in [-0.39, 0.29) is 47.7 Å². The Kier molecular flexibility index (Phi) is 13.0. The molecule has 4 heterocycles. The number of thiophene rings is 1. The second kappa shape index (κ2) is 18.1. The number of alkyl halides is 1. The van der Waals surface area contributed by atoms with Gasteiger partial charge in [0.1, 0.15) is 23.9 Å². The summed E-state index contributed by atoms with van der Waals surface area (Å²) in [6.45, 7) is 4.35. The van der Waals surface area contributed by atoms with E-state index in [0.29, 0.717) is 47.3 Å². The molecule has 7 rings (SSSR count). The fourth-order valence-corrected chi connectivity index (χ4v) is 11.2. The minimum atomic E-state index is -4.44. The maximum absolute atomic E-state index is 16.5. The molecule has 0 saturated carbocycles. The van der Waals surface area contributed by atoms with Crippen LogP contribution in [0.2, 0.25) is 0 Å². The number of hydrogen-bond donors (Lipinski definition) is 3. The van der Waals surface area contributed by atoms with Crippen molar-refractivity contribution in [2.45, 2.75) is 101 Å². The highest BCUT2D eigenvalue weighted by molar-refractivity contribution is 7.57. The number of esters is 1.